The van der Waals surface area contributed by atoms with Gasteiger partial charge in [-0.1, -0.05) is 78.6 Å². The number of esters is 1. The van der Waals surface area contributed by atoms with Crippen molar-refractivity contribution in [1.29, 1.82) is 0 Å². The van der Waals surface area contributed by atoms with Crippen LogP contribution in [0.4, 0.5) is 0 Å². The van der Waals surface area contributed by atoms with E-state index < -0.39 is 5.97 Å². The fourth-order valence-electron chi connectivity index (χ4n) is 2.26. The number of carbonyl (C=O) groups is 3. The van der Waals surface area contributed by atoms with Crippen molar-refractivity contribution >= 4 is 18.0 Å². The summed E-state index contributed by atoms with van der Waals surface area (Å²) in [6.45, 7) is 6.31. The first-order chi connectivity index (χ1) is 12.5. The molecule has 1 atom stereocenters. The van der Waals surface area contributed by atoms with Gasteiger partial charge in [-0.15, -0.1) is 0 Å². The standard InChI is InChI=1S/C12H24O.C10H14O3/c1-3-4-5-6-7-8-9-10-12(2)11-13;1-3-4-5-6-9(11)7-8-10(12)13-2/h11-12H,3-10H2,1-2H3;3-6H2,1-2H3. The monoisotopic (exact) mass is 366 g/mol. The minimum atomic E-state index is -0.663. The summed E-state index contributed by atoms with van der Waals surface area (Å²) in [5, 5.41) is 0. The minimum absolute atomic E-state index is 0.196. The van der Waals surface area contributed by atoms with E-state index in [1.807, 2.05) is 6.92 Å². The van der Waals surface area contributed by atoms with Gasteiger partial charge in [-0.3, -0.25) is 4.79 Å². The first-order valence-corrected chi connectivity index (χ1v) is 10.1. The number of methoxy groups -OCH3 is 1. The van der Waals surface area contributed by atoms with Gasteiger partial charge in [0.2, 0.25) is 5.78 Å². The first kappa shape index (κ1) is 26.6. The van der Waals surface area contributed by atoms with Crippen LogP contribution in [0.2, 0.25) is 0 Å². The Balaban J connectivity index is 0. The van der Waals surface area contributed by atoms with Crippen molar-refractivity contribution in [3.05, 3.63) is 0 Å². The number of aldehydes is 1. The fourth-order valence-corrected chi connectivity index (χ4v) is 2.26. The second-order valence-corrected chi connectivity index (χ2v) is 6.65. The number of unbranched alkanes of at least 4 members (excludes halogenated alkanes) is 8. The van der Waals surface area contributed by atoms with Crippen molar-refractivity contribution in [2.75, 3.05) is 7.11 Å². The first-order valence-electron chi connectivity index (χ1n) is 10.1. The molecule has 4 heteroatoms. The highest BCUT2D eigenvalue weighted by Gasteiger charge is 1.98. The van der Waals surface area contributed by atoms with Crippen LogP contribution in [-0.4, -0.2) is 25.1 Å². The normalized spacial score (nSPS) is 10.6. The second-order valence-electron chi connectivity index (χ2n) is 6.65. The Hall–Kier alpha value is -1.63. The average Bonchev–Trinajstić information content (AvgIpc) is 2.65. The average molecular weight is 367 g/mol. The highest BCUT2D eigenvalue weighted by atomic mass is 16.5. The van der Waals surface area contributed by atoms with Gasteiger partial charge in [0.05, 0.1) is 7.11 Å². The highest BCUT2D eigenvalue weighted by Crippen LogP contribution is 2.11. The molecule has 0 heterocycles. The Morgan fingerprint density at radius 2 is 1.42 bits per heavy atom. The summed E-state index contributed by atoms with van der Waals surface area (Å²) < 4.78 is 4.26. The summed E-state index contributed by atoms with van der Waals surface area (Å²) in [6, 6.07) is 0. The van der Waals surface area contributed by atoms with E-state index in [0.29, 0.717) is 6.42 Å². The smallest absolute Gasteiger partial charge is 0.384 e. The third-order valence-corrected chi connectivity index (χ3v) is 3.99. The number of carbonyl (C=O) groups excluding carboxylic acids is 3. The van der Waals surface area contributed by atoms with Gasteiger partial charge < -0.3 is 9.53 Å². The van der Waals surface area contributed by atoms with Crippen LogP contribution >= 0.6 is 0 Å². The third kappa shape index (κ3) is 22.4. The molecule has 0 rings (SSSR count). The van der Waals surface area contributed by atoms with Crippen molar-refractivity contribution in [2.45, 2.75) is 97.8 Å². The quantitative estimate of drug-likeness (QED) is 0.111. The predicted octanol–water partition coefficient (Wildman–Crippen LogP) is 5.27. The molecule has 0 amide bonds. The van der Waals surface area contributed by atoms with Crippen LogP contribution in [0.3, 0.4) is 0 Å². The fraction of sp³-hybridized carbons (Fsp3) is 0.773. The molecule has 0 aromatic heterocycles. The molecule has 26 heavy (non-hydrogen) atoms. The van der Waals surface area contributed by atoms with Gasteiger partial charge in [0.25, 0.3) is 0 Å². The lowest BCUT2D eigenvalue weighted by Gasteiger charge is -2.02. The maximum absolute atomic E-state index is 11.0. The summed E-state index contributed by atoms with van der Waals surface area (Å²) >= 11 is 0. The summed E-state index contributed by atoms with van der Waals surface area (Å²) in [5.74, 6) is 3.74. The maximum atomic E-state index is 11.0. The largest absolute Gasteiger partial charge is 0.459 e. The van der Waals surface area contributed by atoms with E-state index in [2.05, 4.69) is 30.4 Å². The lowest BCUT2D eigenvalue weighted by atomic mass is 10.0. The topological polar surface area (TPSA) is 60.4 Å². The molecule has 0 aromatic rings. The molecule has 0 N–H and O–H groups in total. The molecule has 4 nitrogen and oxygen atoms in total. The maximum Gasteiger partial charge on any atom is 0.384 e. The second kappa shape index (κ2) is 21.4. The predicted molar refractivity (Wildman–Crippen MR) is 107 cm³/mol. The van der Waals surface area contributed by atoms with Crippen LogP contribution in [0.1, 0.15) is 97.8 Å². The number of hydrogen-bond donors (Lipinski definition) is 0. The lowest BCUT2D eigenvalue weighted by molar-refractivity contribution is -0.134. The van der Waals surface area contributed by atoms with Crippen molar-refractivity contribution in [3.63, 3.8) is 0 Å². The van der Waals surface area contributed by atoms with Crippen LogP contribution in [0.15, 0.2) is 0 Å². The lowest BCUT2D eigenvalue weighted by Crippen LogP contribution is -1.98. The van der Waals surface area contributed by atoms with Crippen LogP contribution < -0.4 is 0 Å². The molecular formula is C22H38O4. The third-order valence-electron chi connectivity index (χ3n) is 3.99. The number of ether oxygens (including phenoxy) is 1. The molecule has 0 saturated heterocycles. The van der Waals surface area contributed by atoms with Crippen molar-refractivity contribution in [2.24, 2.45) is 5.92 Å². The van der Waals surface area contributed by atoms with Crippen molar-refractivity contribution < 1.29 is 19.1 Å². The number of hydrogen-bond acceptors (Lipinski definition) is 4. The van der Waals surface area contributed by atoms with Crippen LogP contribution in [-0.2, 0) is 19.1 Å². The zero-order chi connectivity index (χ0) is 20.0. The number of ketones is 1. The molecule has 150 valence electrons. The van der Waals surface area contributed by atoms with Crippen LogP contribution in [0.25, 0.3) is 0 Å². The molecule has 0 aliphatic rings. The highest BCUT2D eigenvalue weighted by molar-refractivity contribution is 6.01. The Morgan fingerprint density at radius 1 is 0.885 bits per heavy atom. The summed E-state index contributed by atoms with van der Waals surface area (Å²) in [6.07, 6.45) is 14.9. The molecule has 0 spiro atoms. The van der Waals surface area contributed by atoms with Gasteiger partial charge in [-0.2, -0.15) is 0 Å². The van der Waals surface area contributed by atoms with E-state index in [-0.39, 0.29) is 11.7 Å². The van der Waals surface area contributed by atoms with E-state index >= 15 is 0 Å². The summed E-state index contributed by atoms with van der Waals surface area (Å²) in [7, 11) is 1.23. The van der Waals surface area contributed by atoms with Gasteiger partial charge >= 0.3 is 5.97 Å². The van der Waals surface area contributed by atoms with E-state index in [4.69, 9.17) is 0 Å². The zero-order valence-electron chi connectivity index (χ0n) is 17.3. The minimum Gasteiger partial charge on any atom is -0.459 e. The molecule has 0 fully saturated rings. The molecular weight excluding hydrogens is 328 g/mol. The number of rotatable bonds is 13. The molecule has 0 aliphatic carbocycles. The molecule has 0 aromatic carbocycles. The molecule has 0 bridgehead atoms. The van der Waals surface area contributed by atoms with Gasteiger partial charge in [-0.25, -0.2) is 4.79 Å². The molecule has 1 unspecified atom stereocenters. The van der Waals surface area contributed by atoms with Crippen LogP contribution in [0, 0.1) is 17.8 Å². The van der Waals surface area contributed by atoms with E-state index in [0.717, 1.165) is 32.0 Å². The Labute approximate surface area is 160 Å². The molecule has 0 saturated carbocycles. The molecule has 0 radical (unpaired) electrons. The van der Waals surface area contributed by atoms with Gasteiger partial charge in [0, 0.05) is 18.3 Å². The van der Waals surface area contributed by atoms with Gasteiger partial charge in [0.15, 0.2) is 0 Å². The van der Waals surface area contributed by atoms with Crippen molar-refractivity contribution in [1.82, 2.24) is 0 Å². The zero-order valence-corrected chi connectivity index (χ0v) is 17.3. The Morgan fingerprint density at radius 3 is 1.96 bits per heavy atom. The summed E-state index contributed by atoms with van der Waals surface area (Å²) in [4.78, 5) is 31.8. The van der Waals surface area contributed by atoms with E-state index in [1.165, 1.54) is 52.1 Å². The van der Waals surface area contributed by atoms with Gasteiger partial charge in [0.1, 0.15) is 6.29 Å². The van der Waals surface area contributed by atoms with Crippen LogP contribution in [0.5, 0.6) is 0 Å². The molecule has 0 aliphatic heterocycles. The SMILES string of the molecule is CCCCCC(=O)C#CC(=O)OC.CCCCCCCCCC(C)C=O. The van der Waals surface area contributed by atoms with E-state index in [9.17, 15) is 14.4 Å². The summed E-state index contributed by atoms with van der Waals surface area (Å²) in [5.41, 5.74) is 0. The van der Waals surface area contributed by atoms with E-state index in [1.54, 1.807) is 0 Å². The van der Waals surface area contributed by atoms with Gasteiger partial charge in [-0.05, 0) is 18.8 Å². The van der Waals surface area contributed by atoms with Crippen molar-refractivity contribution in [3.8, 4) is 11.8 Å². The number of Topliss-reactive ketones (excluding diaryl/α,β-unsaturated/α-hetero) is 1. The Bertz CT molecular complexity index is 418. The Kier molecular flexibility index (Phi) is 21.9.